The number of nitrogens with zero attached hydrogens (tertiary/aromatic N) is 1. The van der Waals surface area contributed by atoms with Crippen LogP contribution in [0.2, 0.25) is 5.02 Å². The molecule has 0 fully saturated rings. The summed E-state index contributed by atoms with van der Waals surface area (Å²) in [6.45, 7) is 0.185. The van der Waals surface area contributed by atoms with E-state index in [1.54, 1.807) is 36.2 Å². The minimum absolute atomic E-state index is 0.0496. The molecule has 5 heteroatoms. The van der Waals surface area contributed by atoms with E-state index in [9.17, 15) is 8.78 Å². The van der Waals surface area contributed by atoms with Gasteiger partial charge in [-0.3, -0.25) is 0 Å². The topological polar surface area (TPSA) is 29.3 Å². The molecule has 2 aromatic carbocycles. The van der Waals surface area contributed by atoms with E-state index in [2.05, 4.69) is 0 Å². The van der Waals surface area contributed by atoms with Crippen molar-refractivity contribution in [2.75, 3.05) is 18.5 Å². The number of hydrogen-bond donors (Lipinski definition) is 1. The van der Waals surface area contributed by atoms with E-state index in [0.717, 1.165) is 0 Å². The number of likely N-dealkylation sites (N-methyl/N-ethyl adjacent to an activating group) is 1. The molecule has 0 aliphatic rings. The number of anilines is 1. The molecule has 0 heterocycles. The zero-order valence-electron chi connectivity index (χ0n) is 11.0. The summed E-state index contributed by atoms with van der Waals surface area (Å²) in [6.07, 6.45) is 0. The average Bonchev–Trinajstić information content (AvgIpc) is 2.44. The highest BCUT2D eigenvalue weighted by Crippen LogP contribution is 2.29. The van der Waals surface area contributed by atoms with E-state index in [-0.39, 0.29) is 17.4 Å². The summed E-state index contributed by atoms with van der Waals surface area (Å²) in [5, 5.41) is 0.0496. The van der Waals surface area contributed by atoms with Gasteiger partial charge in [-0.25, -0.2) is 8.78 Å². The van der Waals surface area contributed by atoms with Gasteiger partial charge in [0.2, 0.25) is 0 Å². The summed E-state index contributed by atoms with van der Waals surface area (Å²) in [5.74, 6) is -0.843. The number of rotatable bonds is 4. The summed E-state index contributed by atoms with van der Waals surface area (Å²) in [5.41, 5.74) is 6.77. The Labute approximate surface area is 121 Å². The maximum atomic E-state index is 14.1. The number of halogens is 3. The molecule has 106 valence electrons. The first-order valence-electron chi connectivity index (χ1n) is 6.17. The smallest absolute Gasteiger partial charge is 0.147 e. The van der Waals surface area contributed by atoms with Crippen LogP contribution in [0.3, 0.4) is 0 Å². The van der Waals surface area contributed by atoms with Gasteiger partial charge in [-0.2, -0.15) is 0 Å². The van der Waals surface area contributed by atoms with E-state index in [1.165, 1.54) is 18.2 Å². The third-order valence-electron chi connectivity index (χ3n) is 3.25. The summed E-state index contributed by atoms with van der Waals surface area (Å²) < 4.78 is 27.4. The van der Waals surface area contributed by atoms with Gasteiger partial charge in [0.05, 0.1) is 11.1 Å². The zero-order valence-corrected chi connectivity index (χ0v) is 11.7. The second-order valence-corrected chi connectivity index (χ2v) is 4.89. The average molecular weight is 297 g/mol. The fourth-order valence-corrected chi connectivity index (χ4v) is 2.33. The van der Waals surface area contributed by atoms with Crippen molar-refractivity contribution < 1.29 is 8.78 Å². The SMILES string of the molecule is CN(c1cccc(F)c1)C(CN)c1cccc(Cl)c1F. The lowest BCUT2D eigenvalue weighted by Crippen LogP contribution is -2.31. The molecule has 2 aromatic rings. The van der Waals surface area contributed by atoms with E-state index >= 15 is 0 Å². The van der Waals surface area contributed by atoms with Gasteiger partial charge in [0.25, 0.3) is 0 Å². The molecule has 2 nitrogen and oxygen atoms in total. The monoisotopic (exact) mass is 296 g/mol. The summed E-state index contributed by atoms with van der Waals surface area (Å²) in [4.78, 5) is 1.73. The lowest BCUT2D eigenvalue weighted by Gasteiger charge is -2.30. The van der Waals surface area contributed by atoms with Gasteiger partial charge in [-0.15, -0.1) is 0 Å². The Morgan fingerprint density at radius 2 is 1.90 bits per heavy atom. The molecule has 0 aromatic heterocycles. The van der Waals surface area contributed by atoms with Crippen LogP contribution in [0.15, 0.2) is 42.5 Å². The summed E-state index contributed by atoms with van der Waals surface area (Å²) >= 11 is 5.80. The molecule has 2 N–H and O–H groups in total. The molecular weight excluding hydrogens is 282 g/mol. The highest BCUT2D eigenvalue weighted by molar-refractivity contribution is 6.30. The second-order valence-electron chi connectivity index (χ2n) is 4.49. The predicted octanol–water partition coefficient (Wildman–Crippen LogP) is 3.75. The molecule has 1 unspecified atom stereocenters. The van der Waals surface area contributed by atoms with Gasteiger partial charge in [-0.1, -0.05) is 29.8 Å². The zero-order chi connectivity index (χ0) is 14.7. The first-order chi connectivity index (χ1) is 9.54. The van der Waals surface area contributed by atoms with Crippen molar-refractivity contribution in [1.29, 1.82) is 0 Å². The molecule has 0 saturated heterocycles. The van der Waals surface area contributed by atoms with Crippen LogP contribution in [0.25, 0.3) is 0 Å². The molecule has 0 spiro atoms. The van der Waals surface area contributed by atoms with Gasteiger partial charge in [0, 0.05) is 24.8 Å². The van der Waals surface area contributed by atoms with Crippen molar-refractivity contribution in [3.8, 4) is 0 Å². The third-order valence-corrected chi connectivity index (χ3v) is 3.54. The fourth-order valence-electron chi connectivity index (χ4n) is 2.15. The molecule has 0 saturated carbocycles. The molecule has 2 rings (SSSR count). The molecule has 20 heavy (non-hydrogen) atoms. The van der Waals surface area contributed by atoms with Crippen LogP contribution in [0.4, 0.5) is 14.5 Å². The van der Waals surface area contributed by atoms with E-state index in [0.29, 0.717) is 11.3 Å². The maximum absolute atomic E-state index is 14.1. The van der Waals surface area contributed by atoms with Crippen molar-refractivity contribution in [1.82, 2.24) is 0 Å². The van der Waals surface area contributed by atoms with Crippen molar-refractivity contribution in [2.45, 2.75) is 6.04 Å². The third kappa shape index (κ3) is 2.92. The van der Waals surface area contributed by atoms with Crippen molar-refractivity contribution in [3.05, 3.63) is 64.7 Å². The summed E-state index contributed by atoms with van der Waals surface area (Å²) in [6, 6.07) is 10.4. The van der Waals surface area contributed by atoms with Crippen LogP contribution in [0.1, 0.15) is 11.6 Å². The van der Waals surface area contributed by atoms with E-state index in [4.69, 9.17) is 17.3 Å². The van der Waals surface area contributed by atoms with Crippen molar-refractivity contribution in [2.24, 2.45) is 5.73 Å². The molecule has 0 bridgehead atoms. The predicted molar refractivity (Wildman–Crippen MR) is 78.0 cm³/mol. The van der Waals surface area contributed by atoms with Gasteiger partial charge < -0.3 is 10.6 Å². The molecule has 0 amide bonds. The van der Waals surface area contributed by atoms with E-state index in [1.807, 2.05) is 0 Å². The molecule has 0 aliphatic heterocycles. The Hall–Kier alpha value is -1.65. The standard InChI is InChI=1S/C15H15ClF2N2/c1-20(11-5-2-4-10(17)8-11)14(9-19)12-6-3-7-13(16)15(12)18/h2-8,14H,9,19H2,1H3. The molecule has 0 radical (unpaired) electrons. The Kier molecular flexibility index (Phi) is 4.57. The first-order valence-corrected chi connectivity index (χ1v) is 6.54. The molecule has 0 aliphatic carbocycles. The van der Waals surface area contributed by atoms with Crippen LogP contribution in [-0.2, 0) is 0 Å². The van der Waals surface area contributed by atoms with Gasteiger partial charge in [0.15, 0.2) is 0 Å². The maximum Gasteiger partial charge on any atom is 0.147 e. The second kappa shape index (κ2) is 6.20. The Morgan fingerprint density at radius 3 is 2.55 bits per heavy atom. The largest absolute Gasteiger partial charge is 0.366 e. The summed E-state index contributed by atoms with van der Waals surface area (Å²) in [7, 11) is 1.74. The van der Waals surface area contributed by atoms with Crippen LogP contribution >= 0.6 is 11.6 Å². The van der Waals surface area contributed by atoms with Crippen LogP contribution in [0, 0.1) is 11.6 Å². The number of nitrogens with two attached hydrogens (primary N) is 1. The lowest BCUT2D eigenvalue weighted by molar-refractivity contribution is 0.572. The minimum atomic E-state index is -0.493. The normalized spacial score (nSPS) is 12.2. The van der Waals surface area contributed by atoms with Crippen molar-refractivity contribution in [3.63, 3.8) is 0 Å². The van der Waals surface area contributed by atoms with Gasteiger partial charge in [0.1, 0.15) is 11.6 Å². The Bertz CT molecular complexity index is 604. The van der Waals surface area contributed by atoms with Gasteiger partial charge in [-0.05, 0) is 24.3 Å². The minimum Gasteiger partial charge on any atom is -0.366 e. The molecular formula is C15H15ClF2N2. The van der Waals surface area contributed by atoms with Crippen LogP contribution in [-0.4, -0.2) is 13.6 Å². The number of benzene rings is 2. The molecule has 1 atom stereocenters. The first kappa shape index (κ1) is 14.8. The van der Waals surface area contributed by atoms with E-state index < -0.39 is 11.9 Å². The van der Waals surface area contributed by atoms with Crippen molar-refractivity contribution >= 4 is 17.3 Å². The lowest BCUT2D eigenvalue weighted by atomic mass is 10.0. The van der Waals surface area contributed by atoms with Gasteiger partial charge >= 0.3 is 0 Å². The Morgan fingerprint density at radius 1 is 1.20 bits per heavy atom. The van der Waals surface area contributed by atoms with Crippen LogP contribution in [0.5, 0.6) is 0 Å². The fraction of sp³-hybridized carbons (Fsp3) is 0.200. The van der Waals surface area contributed by atoms with Crippen LogP contribution < -0.4 is 10.6 Å². The number of hydrogen-bond acceptors (Lipinski definition) is 2. The quantitative estimate of drug-likeness (QED) is 0.931. The Balaban J connectivity index is 2.39. The highest BCUT2D eigenvalue weighted by atomic mass is 35.5. The highest BCUT2D eigenvalue weighted by Gasteiger charge is 2.21.